The Morgan fingerprint density at radius 3 is 2.14 bits per heavy atom. The van der Waals surface area contributed by atoms with Gasteiger partial charge < -0.3 is 55.3 Å². The molecule has 2 aliphatic rings. The highest BCUT2D eigenvalue weighted by Crippen LogP contribution is 2.29. The zero-order valence-electron chi connectivity index (χ0n) is 15.7. The normalized spacial score (nSPS) is 43.2. The van der Waals surface area contributed by atoms with E-state index in [2.05, 4.69) is 5.32 Å². The van der Waals surface area contributed by atoms with Gasteiger partial charge in [0.25, 0.3) is 0 Å². The Bertz CT molecular complexity index is 588. The monoisotopic (exact) mass is 425 g/mol. The van der Waals surface area contributed by atoms with Gasteiger partial charge in [0.1, 0.15) is 42.7 Å². The number of nitrogens with one attached hydrogen (secondary N) is 1. The van der Waals surface area contributed by atoms with Crippen LogP contribution in [-0.4, -0.2) is 116 Å². The quantitative estimate of drug-likeness (QED) is 0.202. The second-order valence-electron chi connectivity index (χ2n) is 7.26. The lowest BCUT2D eigenvalue weighted by molar-refractivity contribution is -0.336. The largest absolute Gasteiger partial charge is 0.479 e. The van der Waals surface area contributed by atoms with E-state index < -0.39 is 85.8 Å². The number of rotatable bonds is 6. The predicted octanol–water partition coefficient (Wildman–Crippen LogP) is -4.52. The predicted molar refractivity (Wildman–Crippen MR) is 89.9 cm³/mol. The van der Waals surface area contributed by atoms with Gasteiger partial charge >= 0.3 is 5.97 Å². The van der Waals surface area contributed by atoms with E-state index in [1.54, 1.807) is 13.8 Å². The second kappa shape index (κ2) is 9.59. The highest BCUT2D eigenvalue weighted by molar-refractivity contribution is 5.78. The van der Waals surface area contributed by atoms with E-state index in [9.17, 15) is 40.2 Å². The Kier molecular flexibility index (Phi) is 7.89. The summed E-state index contributed by atoms with van der Waals surface area (Å²) < 4.78 is 15.5. The van der Waals surface area contributed by atoms with Gasteiger partial charge in [-0.25, -0.2) is 4.79 Å². The van der Waals surface area contributed by atoms with E-state index in [1.165, 1.54) is 0 Å². The zero-order chi connectivity index (χ0) is 22.0. The minimum Gasteiger partial charge on any atom is -0.479 e. The average Bonchev–Trinajstić information content (AvgIpc) is 2.66. The molecular weight excluding hydrogens is 398 g/mol. The molecule has 0 bridgehead atoms. The summed E-state index contributed by atoms with van der Waals surface area (Å²) in [6.07, 6.45) is -15.8. The van der Waals surface area contributed by atoms with Gasteiger partial charge in [0, 0.05) is 5.92 Å². The van der Waals surface area contributed by atoms with Crippen molar-refractivity contribution in [3.8, 4) is 0 Å². The molecule has 29 heavy (non-hydrogen) atoms. The molecule has 1 amide bonds. The molecule has 0 aliphatic carbocycles. The number of ether oxygens (including phenoxy) is 3. The fourth-order valence-electron chi connectivity index (χ4n) is 3.05. The minimum atomic E-state index is -1.95. The number of aliphatic hydroxyl groups is 6. The first-order valence-electron chi connectivity index (χ1n) is 9.00. The maximum Gasteiger partial charge on any atom is 0.335 e. The molecule has 2 aliphatic heterocycles. The van der Waals surface area contributed by atoms with Gasteiger partial charge in [-0.05, 0) is 0 Å². The van der Waals surface area contributed by atoms with Crippen molar-refractivity contribution in [3.63, 3.8) is 0 Å². The summed E-state index contributed by atoms with van der Waals surface area (Å²) >= 11 is 0. The molecule has 0 spiro atoms. The molecule has 13 heteroatoms. The molecular formula is C16H27NO12. The maximum absolute atomic E-state index is 12.1. The molecule has 0 radical (unpaired) electrons. The van der Waals surface area contributed by atoms with Crippen molar-refractivity contribution in [2.75, 3.05) is 6.61 Å². The van der Waals surface area contributed by atoms with E-state index in [0.29, 0.717) is 0 Å². The van der Waals surface area contributed by atoms with Crippen LogP contribution in [0.3, 0.4) is 0 Å². The summed E-state index contributed by atoms with van der Waals surface area (Å²) in [5.41, 5.74) is 0. The van der Waals surface area contributed by atoms with Crippen molar-refractivity contribution in [1.82, 2.24) is 5.32 Å². The number of carboxylic acids is 1. The highest BCUT2D eigenvalue weighted by atomic mass is 16.7. The van der Waals surface area contributed by atoms with Crippen LogP contribution in [0, 0.1) is 5.92 Å². The van der Waals surface area contributed by atoms with Crippen LogP contribution in [0.1, 0.15) is 13.8 Å². The van der Waals surface area contributed by atoms with Crippen molar-refractivity contribution in [2.45, 2.75) is 75.2 Å². The third kappa shape index (κ3) is 5.02. The number of amides is 1. The van der Waals surface area contributed by atoms with Gasteiger partial charge in [-0.1, -0.05) is 13.8 Å². The number of carbonyl (C=O) groups is 2. The van der Waals surface area contributed by atoms with Crippen LogP contribution in [0.25, 0.3) is 0 Å². The minimum absolute atomic E-state index is 0.513. The second-order valence-corrected chi connectivity index (χ2v) is 7.26. The van der Waals surface area contributed by atoms with Crippen LogP contribution in [0.4, 0.5) is 0 Å². The summed E-state index contributed by atoms with van der Waals surface area (Å²) in [6.45, 7) is 2.41. The Morgan fingerprint density at radius 2 is 1.62 bits per heavy atom. The van der Waals surface area contributed by atoms with Gasteiger partial charge in [-0.15, -0.1) is 0 Å². The smallest absolute Gasteiger partial charge is 0.335 e. The maximum atomic E-state index is 12.1. The van der Waals surface area contributed by atoms with Crippen LogP contribution in [0.2, 0.25) is 0 Å². The Hall–Kier alpha value is -1.42. The first kappa shape index (κ1) is 23.9. The van der Waals surface area contributed by atoms with Crippen LogP contribution in [0.5, 0.6) is 0 Å². The topological polar surface area (TPSA) is 215 Å². The molecule has 13 nitrogen and oxygen atoms in total. The van der Waals surface area contributed by atoms with Gasteiger partial charge in [-0.2, -0.15) is 0 Å². The van der Waals surface area contributed by atoms with Crippen LogP contribution < -0.4 is 5.32 Å². The molecule has 0 aromatic carbocycles. The van der Waals surface area contributed by atoms with Gasteiger partial charge in [-0.3, -0.25) is 4.79 Å². The number of hydrogen-bond donors (Lipinski definition) is 8. The molecule has 168 valence electrons. The van der Waals surface area contributed by atoms with Crippen molar-refractivity contribution < 1.29 is 59.5 Å². The number of carbonyl (C=O) groups excluding carboxylic acids is 1. The molecule has 0 unspecified atom stereocenters. The van der Waals surface area contributed by atoms with Gasteiger partial charge in [0.2, 0.25) is 5.91 Å². The summed E-state index contributed by atoms with van der Waals surface area (Å²) in [7, 11) is 0. The fourth-order valence-corrected chi connectivity index (χ4v) is 3.05. The number of carboxylic acid groups (broad SMARTS) is 1. The zero-order valence-corrected chi connectivity index (χ0v) is 15.7. The summed E-state index contributed by atoms with van der Waals surface area (Å²) in [5.74, 6) is -2.69. The van der Waals surface area contributed by atoms with Crippen molar-refractivity contribution in [2.24, 2.45) is 5.92 Å². The summed E-state index contributed by atoms with van der Waals surface area (Å²) in [5, 5.41) is 71.2. The molecule has 0 aromatic rings. The van der Waals surface area contributed by atoms with Crippen LogP contribution in [-0.2, 0) is 23.8 Å². The van der Waals surface area contributed by atoms with Crippen molar-refractivity contribution >= 4 is 11.9 Å². The lowest BCUT2D eigenvalue weighted by atomic mass is 9.95. The van der Waals surface area contributed by atoms with E-state index in [1.807, 2.05) is 0 Å². The fraction of sp³-hybridized carbons (Fsp3) is 0.875. The van der Waals surface area contributed by atoms with Crippen molar-refractivity contribution in [1.29, 1.82) is 0 Å². The summed E-state index contributed by atoms with van der Waals surface area (Å²) in [6, 6.07) is -1.38. The molecule has 2 rings (SSSR count). The molecule has 0 saturated carbocycles. The molecule has 2 heterocycles. The highest BCUT2D eigenvalue weighted by Gasteiger charge is 2.52. The summed E-state index contributed by atoms with van der Waals surface area (Å²) in [4.78, 5) is 23.3. The Labute approximate surface area is 165 Å². The number of aliphatic carboxylic acids is 1. The van der Waals surface area contributed by atoms with Crippen molar-refractivity contribution in [3.05, 3.63) is 0 Å². The van der Waals surface area contributed by atoms with E-state index in [-0.39, 0.29) is 0 Å². The van der Waals surface area contributed by atoms with E-state index in [4.69, 9.17) is 19.3 Å². The number of hydrogen-bond acceptors (Lipinski definition) is 11. The van der Waals surface area contributed by atoms with Crippen LogP contribution >= 0.6 is 0 Å². The number of aliphatic hydroxyl groups excluding tert-OH is 6. The third-order valence-corrected chi connectivity index (χ3v) is 4.81. The average molecular weight is 425 g/mol. The first-order chi connectivity index (χ1) is 13.5. The molecule has 10 atom stereocenters. The van der Waals surface area contributed by atoms with Gasteiger partial charge in [0.05, 0.1) is 6.61 Å². The Morgan fingerprint density at radius 1 is 1.00 bits per heavy atom. The molecule has 8 N–H and O–H groups in total. The van der Waals surface area contributed by atoms with E-state index in [0.717, 1.165) is 0 Å². The van der Waals surface area contributed by atoms with Gasteiger partial charge in [0.15, 0.2) is 18.7 Å². The molecule has 0 aromatic heterocycles. The SMILES string of the molecule is CC(C)C(=O)N[C@@H]1[C@@H](O[C@@H]2O[C@H](C(=O)O)[C@@H](O)[C@H](O)[C@H]2O)[C@@H](O)[C@@H](CO)O[C@H]1O. The molecule has 2 saturated heterocycles. The lowest BCUT2D eigenvalue weighted by Crippen LogP contribution is -2.68. The standard InChI is InChI=1S/C16H27NO12/c1-4(2)13(23)17-6-11(7(19)5(3-18)27-15(6)26)28-16-10(22)8(20)9(21)12(29-16)14(24)25/h4-12,15-16,18-22,26H,3H2,1-2H3,(H,17,23)(H,24,25)/t5-,6-,7+,8+,9+,10-,11-,12+,15-,16-/m1/s1. The first-order valence-corrected chi connectivity index (χ1v) is 9.00. The van der Waals surface area contributed by atoms with Crippen LogP contribution in [0.15, 0.2) is 0 Å². The van der Waals surface area contributed by atoms with E-state index >= 15 is 0 Å². The molecule has 2 fully saturated rings. The third-order valence-electron chi connectivity index (χ3n) is 4.81. The lowest BCUT2D eigenvalue weighted by Gasteiger charge is -2.46. The Balaban J connectivity index is 2.27.